The molecule has 0 radical (unpaired) electrons. The first kappa shape index (κ1) is 32.0. The van der Waals surface area contributed by atoms with Crippen molar-refractivity contribution in [3.8, 4) is 0 Å². The predicted molar refractivity (Wildman–Crippen MR) is 158 cm³/mol. The Bertz CT molecular complexity index is 1980. The molecule has 8 unspecified atom stereocenters. The summed E-state index contributed by atoms with van der Waals surface area (Å²) in [5, 5.41) is 32.4. The number of fused-ring (bicyclic) bond motifs is 4. The van der Waals surface area contributed by atoms with E-state index in [-0.39, 0.29) is 11.6 Å². The molecule has 9 N–H and O–H groups in total. The molecule has 4 aromatic heterocycles. The molecule has 24 heteroatoms. The Kier molecular flexibility index (Phi) is 7.42. The van der Waals surface area contributed by atoms with Gasteiger partial charge in [-0.05, 0) is 0 Å². The van der Waals surface area contributed by atoms with Gasteiger partial charge in [-0.2, -0.15) is 0 Å². The second kappa shape index (κ2) is 11.1. The molecule has 2 saturated carbocycles. The van der Waals surface area contributed by atoms with Crippen LogP contribution in [0.1, 0.15) is 12.1 Å². The molecule has 2 saturated heterocycles. The molecule has 4 fully saturated rings. The summed E-state index contributed by atoms with van der Waals surface area (Å²) in [5.74, 6) is -4.94. The maximum absolute atomic E-state index is 13.1. The van der Waals surface area contributed by atoms with Gasteiger partial charge in [-0.1, -0.05) is 0 Å². The minimum absolute atomic E-state index is 0.127. The number of imidazole rings is 2. The molecule has 4 aliphatic rings. The molecule has 48 heavy (non-hydrogen) atoms. The molecular formula is C24H30N10O12P2. The Morgan fingerprint density at radius 1 is 0.875 bits per heavy atom. The Labute approximate surface area is 269 Å². The molecule has 2 aliphatic heterocycles. The maximum Gasteiger partial charge on any atom is 0.353 e. The SMILES string of the molecule is Nc1ncnc2c1ncn2[C@H]1C2C(OCP(=O)(O)OC[C@H]3OC4(O)C(C3OC[PH](=O)O)[C@@H]4n3cnc4c(N)ncnc43)[C@@H](CO)OC21O. The first-order valence-corrected chi connectivity index (χ1v) is 17.9. The fourth-order valence-corrected chi connectivity index (χ4v) is 8.23. The lowest BCUT2D eigenvalue weighted by molar-refractivity contribution is -0.167. The monoisotopic (exact) mass is 712 g/mol. The van der Waals surface area contributed by atoms with Crippen LogP contribution in [0.3, 0.4) is 0 Å². The van der Waals surface area contributed by atoms with Crippen LogP contribution >= 0.6 is 15.6 Å². The van der Waals surface area contributed by atoms with Crippen LogP contribution < -0.4 is 11.5 Å². The summed E-state index contributed by atoms with van der Waals surface area (Å²) >= 11 is 0. The highest BCUT2D eigenvalue weighted by Crippen LogP contribution is 2.66. The maximum atomic E-state index is 13.1. The van der Waals surface area contributed by atoms with Gasteiger partial charge in [0, 0.05) is 0 Å². The van der Waals surface area contributed by atoms with Crippen LogP contribution in [-0.2, 0) is 32.6 Å². The summed E-state index contributed by atoms with van der Waals surface area (Å²) in [4.78, 5) is 44.6. The normalized spacial score (nSPS) is 37.0. The van der Waals surface area contributed by atoms with Crippen molar-refractivity contribution < 1.29 is 57.7 Å². The second-order valence-electron chi connectivity index (χ2n) is 12.0. The molecule has 0 bridgehead atoms. The molecule has 22 nitrogen and oxygen atoms in total. The predicted octanol–water partition coefficient (Wildman–Crippen LogP) is -2.31. The minimum Gasteiger partial charge on any atom is -0.394 e. The van der Waals surface area contributed by atoms with Gasteiger partial charge in [-0.25, -0.2) is 29.9 Å². The van der Waals surface area contributed by atoms with Crippen LogP contribution in [0.15, 0.2) is 25.3 Å². The number of aliphatic hydroxyl groups excluding tert-OH is 1. The van der Waals surface area contributed by atoms with Crippen molar-refractivity contribution in [2.24, 2.45) is 11.8 Å². The van der Waals surface area contributed by atoms with Crippen molar-refractivity contribution in [3.05, 3.63) is 25.3 Å². The zero-order chi connectivity index (χ0) is 33.7. The van der Waals surface area contributed by atoms with Crippen molar-refractivity contribution in [1.29, 1.82) is 0 Å². The second-order valence-corrected chi connectivity index (χ2v) is 14.8. The van der Waals surface area contributed by atoms with E-state index in [0.29, 0.717) is 22.3 Å². The third-order valence-electron chi connectivity index (χ3n) is 9.21. The lowest BCUT2D eigenvalue weighted by Crippen LogP contribution is -2.36. The van der Waals surface area contributed by atoms with Gasteiger partial charge in [0.25, 0.3) is 0 Å². The molecule has 12 atom stereocenters. The number of aliphatic hydroxyl groups is 3. The standard InChI is InChI=1S/C24H30N10O12P2/c25-19-13-21(29-3-27-19)33(5-31-13)17-11-15(9(1-35)45-23(11,17)36)43-8-48(40,41)44-2-10-16(42-7-47(38)39)12-18(24(12,37)46-10)34-6-32-14-20(26)28-4-30-22(14)34/h3-6,9-12,15-18,35-37,47H,1-2,7-8H2,(H,38,39)(H,40,41)(H2,25,27,29)(H2,26,28,30)/t9-,10-,11?,12?,15?,16?,17+,18+,23?,24?/m1/s1. The van der Waals surface area contributed by atoms with Gasteiger partial charge in [0.15, 0.2) is 34.5 Å². The van der Waals surface area contributed by atoms with Gasteiger partial charge >= 0.3 is 7.60 Å². The highest BCUT2D eigenvalue weighted by Gasteiger charge is 2.78. The van der Waals surface area contributed by atoms with Gasteiger partial charge < -0.3 is 69.2 Å². The highest BCUT2D eigenvalue weighted by molar-refractivity contribution is 7.52. The smallest absolute Gasteiger partial charge is 0.353 e. The van der Waals surface area contributed by atoms with Crippen molar-refractivity contribution in [3.63, 3.8) is 0 Å². The third-order valence-corrected chi connectivity index (χ3v) is 10.7. The van der Waals surface area contributed by atoms with Gasteiger partial charge in [0.1, 0.15) is 60.7 Å². The van der Waals surface area contributed by atoms with Crippen LogP contribution in [0.2, 0.25) is 0 Å². The lowest BCUT2D eigenvalue weighted by atomic mass is 10.1. The molecule has 6 heterocycles. The fraction of sp³-hybridized carbons (Fsp3) is 0.583. The average molecular weight is 713 g/mol. The Balaban J connectivity index is 0.943. The van der Waals surface area contributed by atoms with Crippen LogP contribution in [-0.4, -0.2) is 126 Å². The van der Waals surface area contributed by atoms with E-state index in [2.05, 4.69) is 29.9 Å². The number of nitrogen functional groups attached to an aromatic ring is 2. The van der Waals surface area contributed by atoms with E-state index >= 15 is 0 Å². The van der Waals surface area contributed by atoms with Gasteiger partial charge in [0.2, 0.25) is 8.03 Å². The Hall–Kier alpha value is -3.24. The zero-order valence-electron chi connectivity index (χ0n) is 24.5. The molecule has 0 amide bonds. The summed E-state index contributed by atoms with van der Waals surface area (Å²) in [6.07, 6.45) is -0.383. The minimum atomic E-state index is -4.55. The fourth-order valence-electron chi connectivity index (χ4n) is 7.08. The van der Waals surface area contributed by atoms with E-state index in [9.17, 15) is 34.2 Å². The molecular weight excluding hydrogens is 682 g/mol. The van der Waals surface area contributed by atoms with Crippen molar-refractivity contribution in [2.75, 3.05) is 37.4 Å². The van der Waals surface area contributed by atoms with Gasteiger partial charge in [0.05, 0.1) is 49.9 Å². The molecule has 8 rings (SSSR count). The highest BCUT2D eigenvalue weighted by atomic mass is 31.2. The van der Waals surface area contributed by atoms with Crippen molar-refractivity contribution >= 4 is 49.6 Å². The van der Waals surface area contributed by atoms with E-state index in [1.165, 1.54) is 34.4 Å². The zero-order valence-corrected chi connectivity index (χ0v) is 26.4. The van der Waals surface area contributed by atoms with E-state index in [4.69, 9.17) is 34.9 Å². The Morgan fingerprint density at radius 2 is 1.40 bits per heavy atom. The van der Waals surface area contributed by atoms with Crippen LogP contribution in [0.5, 0.6) is 0 Å². The number of nitrogens with zero attached hydrogens (tertiary/aromatic N) is 8. The Morgan fingerprint density at radius 3 is 1.92 bits per heavy atom. The van der Waals surface area contributed by atoms with Gasteiger partial charge in [-0.3, -0.25) is 9.13 Å². The van der Waals surface area contributed by atoms with Crippen LogP contribution in [0.25, 0.3) is 22.3 Å². The van der Waals surface area contributed by atoms with Crippen LogP contribution in [0, 0.1) is 11.8 Å². The van der Waals surface area contributed by atoms with E-state index in [0.717, 1.165) is 0 Å². The number of hydrogen-bond acceptors (Lipinski definition) is 18. The molecule has 0 spiro atoms. The van der Waals surface area contributed by atoms with E-state index in [1.807, 2.05) is 0 Å². The van der Waals surface area contributed by atoms with Crippen molar-refractivity contribution in [2.45, 2.75) is 48.1 Å². The molecule has 2 aliphatic carbocycles. The quantitative estimate of drug-likeness (QED) is 0.0759. The molecule has 0 aromatic carbocycles. The summed E-state index contributed by atoms with van der Waals surface area (Å²) in [6.45, 7) is -1.12. The van der Waals surface area contributed by atoms with E-state index < -0.39 is 101 Å². The number of anilines is 2. The average Bonchev–Trinajstić information content (AvgIpc) is 3.46. The summed E-state index contributed by atoms with van der Waals surface area (Å²) < 4.78 is 55.9. The van der Waals surface area contributed by atoms with E-state index in [1.54, 1.807) is 0 Å². The number of ether oxygens (including phenoxy) is 4. The molecule has 258 valence electrons. The van der Waals surface area contributed by atoms with Gasteiger partial charge in [-0.15, -0.1) is 0 Å². The van der Waals surface area contributed by atoms with Crippen molar-refractivity contribution in [1.82, 2.24) is 39.0 Å². The number of hydrogen-bond donors (Lipinski definition) is 7. The summed E-state index contributed by atoms with van der Waals surface area (Å²) in [7, 11) is -7.64. The third kappa shape index (κ3) is 4.87. The first-order valence-electron chi connectivity index (χ1n) is 14.6. The summed E-state index contributed by atoms with van der Waals surface area (Å²) in [6, 6.07) is -1.54. The first-order chi connectivity index (χ1) is 22.9. The summed E-state index contributed by atoms with van der Waals surface area (Å²) in [5.41, 5.74) is 13.0. The molecule has 4 aromatic rings. The topological polar surface area (TPSA) is 321 Å². The number of nitrogens with two attached hydrogens (primary N) is 2. The number of aromatic nitrogens is 8. The largest absolute Gasteiger partial charge is 0.394 e. The lowest BCUT2D eigenvalue weighted by Gasteiger charge is -2.26. The number of rotatable bonds is 12. The van der Waals surface area contributed by atoms with Crippen LogP contribution in [0.4, 0.5) is 11.6 Å².